The lowest BCUT2D eigenvalue weighted by atomic mass is 9.81. The second-order valence-electron chi connectivity index (χ2n) is 10.9. The van der Waals surface area contributed by atoms with Gasteiger partial charge in [0.15, 0.2) is 5.79 Å². The highest BCUT2D eigenvalue weighted by atomic mass is 17.1. The third-order valence-electron chi connectivity index (χ3n) is 8.15. The van der Waals surface area contributed by atoms with Gasteiger partial charge in [0.1, 0.15) is 5.78 Å². The Kier molecular flexibility index (Phi) is 13.9. The average Bonchev–Trinajstić information content (AvgIpc) is 3.41. The van der Waals surface area contributed by atoms with Gasteiger partial charge in [0, 0.05) is 25.2 Å². The van der Waals surface area contributed by atoms with Gasteiger partial charge >= 0.3 is 0 Å². The first-order valence-electron chi connectivity index (χ1n) is 14.2. The van der Waals surface area contributed by atoms with E-state index in [-0.39, 0.29) is 12.0 Å². The molecule has 1 saturated carbocycles. The zero-order valence-corrected chi connectivity index (χ0v) is 22.4. The fourth-order valence-electron chi connectivity index (χ4n) is 5.92. The molecule has 5 nitrogen and oxygen atoms in total. The van der Waals surface area contributed by atoms with Gasteiger partial charge in [-0.1, -0.05) is 72.0 Å². The molecule has 0 aromatic heterocycles. The van der Waals surface area contributed by atoms with E-state index >= 15 is 0 Å². The molecule has 2 aliphatic rings. The Bertz CT molecular complexity index is 581. The lowest BCUT2D eigenvalue weighted by molar-refractivity contribution is -0.289. The van der Waals surface area contributed by atoms with Gasteiger partial charge < -0.3 is 9.47 Å². The molecular weight excluding hydrogens is 428 g/mol. The molecule has 1 unspecified atom stereocenters. The second-order valence-corrected chi connectivity index (χ2v) is 10.9. The summed E-state index contributed by atoms with van der Waals surface area (Å²) in [6.07, 6.45) is 18.9. The minimum atomic E-state index is -0.418. The second kappa shape index (κ2) is 16.1. The Balaban J connectivity index is 1.85. The van der Waals surface area contributed by atoms with Crippen molar-refractivity contribution in [3.05, 3.63) is 12.2 Å². The van der Waals surface area contributed by atoms with E-state index in [2.05, 4.69) is 44.7 Å². The van der Waals surface area contributed by atoms with Crippen LogP contribution >= 0.6 is 0 Å². The molecule has 0 radical (unpaired) electrons. The van der Waals surface area contributed by atoms with E-state index < -0.39 is 5.79 Å². The maximum absolute atomic E-state index is 12.9. The zero-order chi connectivity index (χ0) is 24.8. The molecule has 0 amide bonds. The molecule has 34 heavy (non-hydrogen) atoms. The fourth-order valence-corrected chi connectivity index (χ4v) is 5.92. The van der Waals surface area contributed by atoms with Crippen LogP contribution in [0.5, 0.6) is 0 Å². The molecule has 1 saturated heterocycles. The summed E-state index contributed by atoms with van der Waals surface area (Å²) in [7, 11) is 0. The normalized spacial score (nSPS) is 25.7. The summed E-state index contributed by atoms with van der Waals surface area (Å²) in [5.74, 6) is 1.38. The van der Waals surface area contributed by atoms with Crippen molar-refractivity contribution >= 4 is 5.78 Å². The number of hydrogen-bond acceptors (Lipinski definition) is 5. The minimum absolute atomic E-state index is 0.0986. The van der Waals surface area contributed by atoms with Crippen molar-refractivity contribution in [1.29, 1.82) is 0 Å². The molecule has 4 atom stereocenters. The summed E-state index contributed by atoms with van der Waals surface area (Å²) in [6, 6.07) is 0. The van der Waals surface area contributed by atoms with Crippen LogP contribution < -0.4 is 0 Å². The fraction of sp³-hybridized carbons (Fsp3) is 0.897. The van der Waals surface area contributed by atoms with Gasteiger partial charge in [-0.05, 0) is 56.3 Å². The molecule has 1 heterocycles. The highest BCUT2D eigenvalue weighted by Crippen LogP contribution is 2.44. The van der Waals surface area contributed by atoms with Crippen molar-refractivity contribution in [1.82, 2.24) is 0 Å². The van der Waals surface area contributed by atoms with E-state index in [9.17, 15) is 4.79 Å². The first-order chi connectivity index (χ1) is 16.5. The van der Waals surface area contributed by atoms with E-state index in [1.165, 1.54) is 25.7 Å². The topological polar surface area (TPSA) is 65.0 Å². The lowest BCUT2D eigenvalue weighted by Crippen LogP contribution is -2.32. The molecule has 2 fully saturated rings. The zero-order valence-electron chi connectivity index (χ0n) is 22.4. The van der Waals surface area contributed by atoms with Crippen molar-refractivity contribution in [3.63, 3.8) is 0 Å². The van der Waals surface area contributed by atoms with Crippen LogP contribution in [0.25, 0.3) is 0 Å². The van der Waals surface area contributed by atoms with Crippen LogP contribution in [-0.2, 0) is 19.2 Å². The summed E-state index contributed by atoms with van der Waals surface area (Å²) >= 11 is 0. The van der Waals surface area contributed by atoms with Crippen molar-refractivity contribution in [2.75, 3.05) is 13.2 Å². The number of ether oxygens (including phenoxy) is 2. The van der Waals surface area contributed by atoms with Gasteiger partial charge in [0.2, 0.25) is 0 Å². The molecule has 2 rings (SSSR count). The van der Waals surface area contributed by atoms with Crippen molar-refractivity contribution in [2.45, 2.75) is 129 Å². The Labute approximate surface area is 208 Å². The van der Waals surface area contributed by atoms with E-state index in [0.717, 1.165) is 64.2 Å². The molecule has 0 aromatic rings. The maximum Gasteiger partial charge on any atom is 0.168 e. The van der Waals surface area contributed by atoms with Gasteiger partial charge in [-0.2, -0.15) is 0 Å². The van der Waals surface area contributed by atoms with Crippen LogP contribution in [0.15, 0.2) is 12.2 Å². The predicted octanol–water partition coefficient (Wildman–Crippen LogP) is 7.73. The van der Waals surface area contributed by atoms with Gasteiger partial charge in [0.25, 0.3) is 0 Å². The summed E-state index contributed by atoms with van der Waals surface area (Å²) in [4.78, 5) is 17.5. The molecule has 0 aromatic carbocycles. The molecule has 5 heteroatoms. The Hall–Kier alpha value is -0.750. The van der Waals surface area contributed by atoms with E-state index in [4.69, 9.17) is 14.7 Å². The first-order valence-corrected chi connectivity index (χ1v) is 14.2. The van der Waals surface area contributed by atoms with E-state index in [0.29, 0.717) is 36.8 Å². The van der Waals surface area contributed by atoms with Crippen molar-refractivity contribution < 1.29 is 24.4 Å². The predicted molar refractivity (Wildman–Crippen MR) is 138 cm³/mol. The number of Topliss-reactive ketones (excluding diaryl/α,β-unsaturated/α-hetero) is 1. The molecule has 198 valence electrons. The van der Waals surface area contributed by atoms with Gasteiger partial charge in [-0.15, -0.1) is 0 Å². The SMILES string of the molecule is CCCCCCCC1(CC[C@H]2[C@H](CC)CC(=O)[C@@H]2CC=CCCCC(OO)C(C)C)OCCO1. The van der Waals surface area contributed by atoms with Crippen LogP contribution in [0.4, 0.5) is 0 Å². The van der Waals surface area contributed by atoms with Crippen LogP contribution in [0.2, 0.25) is 0 Å². The molecular formula is C29H52O5. The summed E-state index contributed by atoms with van der Waals surface area (Å²) in [5, 5.41) is 9.01. The summed E-state index contributed by atoms with van der Waals surface area (Å²) < 4.78 is 12.3. The molecule has 0 bridgehead atoms. The smallest absolute Gasteiger partial charge is 0.168 e. The number of carbonyl (C=O) groups excluding carboxylic acids is 1. The number of rotatable bonds is 18. The van der Waals surface area contributed by atoms with Gasteiger partial charge in [-0.25, -0.2) is 4.89 Å². The largest absolute Gasteiger partial charge is 0.348 e. The number of carbonyl (C=O) groups is 1. The van der Waals surface area contributed by atoms with Crippen LogP contribution in [-0.4, -0.2) is 36.1 Å². The minimum Gasteiger partial charge on any atom is -0.348 e. The number of unbranched alkanes of at least 4 members (excludes halogenated alkanes) is 5. The molecule has 1 N–H and O–H groups in total. The Morgan fingerprint density at radius 3 is 2.44 bits per heavy atom. The van der Waals surface area contributed by atoms with Gasteiger partial charge in [0.05, 0.1) is 19.3 Å². The van der Waals surface area contributed by atoms with Crippen LogP contribution in [0, 0.1) is 23.7 Å². The maximum atomic E-state index is 12.9. The molecule has 0 spiro atoms. The Morgan fingerprint density at radius 1 is 1.06 bits per heavy atom. The molecule has 1 aliphatic heterocycles. The quantitative estimate of drug-likeness (QED) is 0.0941. The number of allylic oxidation sites excluding steroid dienone is 2. The van der Waals surface area contributed by atoms with Crippen molar-refractivity contribution in [2.24, 2.45) is 23.7 Å². The van der Waals surface area contributed by atoms with Gasteiger partial charge in [-0.3, -0.25) is 10.1 Å². The third kappa shape index (κ3) is 9.37. The third-order valence-corrected chi connectivity index (χ3v) is 8.15. The van der Waals surface area contributed by atoms with E-state index in [1.54, 1.807) is 0 Å². The van der Waals surface area contributed by atoms with Crippen molar-refractivity contribution in [3.8, 4) is 0 Å². The standard InChI is InChI=1S/C29H52O5/c1-5-7-8-11-14-18-29(32-20-21-33-29)19-17-25-24(6-2)22-27(30)26(25)15-12-9-10-13-16-28(34-31)23(3)4/h9,12,23-26,28,31H,5-8,10-11,13-22H2,1-4H3/t24-,25+,26-,28?/m1/s1. The Morgan fingerprint density at radius 2 is 1.79 bits per heavy atom. The van der Waals surface area contributed by atoms with Crippen LogP contribution in [0.3, 0.4) is 0 Å². The lowest BCUT2D eigenvalue weighted by Gasteiger charge is -2.31. The summed E-state index contributed by atoms with van der Waals surface area (Å²) in [6.45, 7) is 9.99. The average molecular weight is 481 g/mol. The van der Waals surface area contributed by atoms with Crippen LogP contribution in [0.1, 0.15) is 118 Å². The monoisotopic (exact) mass is 480 g/mol. The van der Waals surface area contributed by atoms with E-state index in [1.807, 2.05) is 0 Å². The first kappa shape index (κ1) is 29.5. The molecule has 1 aliphatic carbocycles. The highest BCUT2D eigenvalue weighted by Gasteiger charge is 2.43. The number of hydrogen-bond donors (Lipinski definition) is 1. The number of ketones is 1. The summed E-state index contributed by atoms with van der Waals surface area (Å²) in [5.41, 5.74) is 0. The highest BCUT2D eigenvalue weighted by molar-refractivity contribution is 5.84.